The number of pyridine rings is 1. The molecule has 1 fully saturated rings. The lowest BCUT2D eigenvalue weighted by atomic mass is 9.72. The van der Waals surface area contributed by atoms with E-state index in [-0.39, 0.29) is 24.1 Å². The van der Waals surface area contributed by atoms with Crippen LogP contribution in [0.1, 0.15) is 23.0 Å². The van der Waals surface area contributed by atoms with Gasteiger partial charge in [-0.3, -0.25) is 4.79 Å². The van der Waals surface area contributed by atoms with Gasteiger partial charge in [0, 0.05) is 35.7 Å². The van der Waals surface area contributed by atoms with Crippen LogP contribution in [0.5, 0.6) is 0 Å². The molecule has 6 nitrogen and oxygen atoms in total. The summed E-state index contributed by atoms with van der Waals surface area (Å²) < 4.78 is 20.7. The predicted molar refractivity (Wildman–Crippen MR) is 113 cm³/mol. The number of rotatable bonds is 3. The van der Waals surface area contributed by atoms with Crippen molar-refractivity contribution in [3.8, 4) is 0 Å². The largest absolute Gasteiger partial charge is 0.379 e. The lowest BCUT2D eigenvalue weighted by Crippen LogP contribution is -2.51. The van der Waals surface area contributed by atoms with Crippen molar-refractivity contribution >= 4 is 40.1 Å². The van der Waals surface area contributed by atoms with Gasteiger partial charge in [0.05, 0.1) is 11.6 Å². The highest BCUT2D eigenvalue weighted by molar-refractivity contribution is 8.13. The van der Waals surface area contributed by atoms with Gasteiger partial charge in [0.1, 0.15) is 17.1 Å². The number of amides is 1. The number of aromatic nitrogens is 1. The van der Waals surface area contributed by atoms with Gasteiger partial charge in [-0.1, -0.05) is 30.3 Å². The maximum Gasteiger partial charge on any atom is 0.274 e. The normalized spacial score (nSPS) is 26.4. The first-order chi connectivity index (χ1) is 13.9. The Kier molecular flexibility index (Phi) is 5.50. The number of ether oxygens (including phenoxy) is 1. The number of aliphatic imine (C=N–C) groups is 1. The molecule has 9 heteroatoms. The van der Waals surface area contributed by atoms with E-state index in [0.717, 1.165) is 5.75 Å². The van der Waals surface area contributed by atoms with Crippen molar-refractivity contribution < 1.29 is 13.9 Å². The van der Waals surface area contributed by atoms with E-state index in [4.69, 9.17) is 22.1 Å². The SMILES string of the molecule is CC1COCC2(c3cc(NC(=O)c4ccc(Cl)cn4)ccc3F)N=C(N)SCC12. The van der Waals surface area contributed by atoms with E-state index >= 15 is 0 Å². The Morgan fingerprint density at radius 1 is 1.41 bits per heavy atom. The van der Waals surface area contributed by atoms with E-state index in [1.165, 1.54) is 36.2 Å². The number of halogens is 2. The molecule has 4 rings (SSSR count). The average molecular weight is 435 g/mol. The Hall–Kier alpha value is -2.16. The second-order valence-electron chi connectivity index (χ2n) is 7.29. The van der Waals surface area contributed by atoms with Crippen LogP contribution in [0, 0.1) is 17.7 Å². The fourth-order valence-corrected chi connectivity index (χ4v) is 5.19. The molecule has 2 aliphatic rings. The molecule has 0 spiro atoms. The lowest BCUT2D eigenvalue weighted by Gasteiger charge is -2.47. The minimum Gasteiger partial charge on any atom is -0.379 e. The maximum absolute atomic E-state index is 15.0. The molecule has 1 aromatic heterocycles. The van der Waals surface area contributed by atoms with Gasteiger partial charge < -0.3 is 15.8 Å². The van der Waals surface area contributed by atoms with Crippen LogP contribution < -0.4 is 11.1 Å². The van der Waals surface area contributed by atoms with Gasteiger partial charge in [-0.15, -0.1) is 0 Å². The van der Waals surface area contributed by atoms with Gasteiger partial charge in [-0.05, 0) is 36.2 Å². The van der Waals surface area contributed by atoms with Crippen LogP contribution in [-0.4, -0.2) is 35.0 Å². The van der Waals surface area contributed by atoms with E-state index in [1.807, 2.05) is 0 Å². The van der Waals surface area contributed by atoms with Crippen LogP contribution in [0.15, 0.2) is 41.5 Å². The highest BCUT2D eigenvalue weighted by atomic mass is 35.5. The predicted octanol–water partition coefficient (Wildman–Crippen LogP) is 3.67. The number of amidine groups is 1. The van der Waals surface area contributed by atoms with E-state index in [9.17, 15) is 9.18 Å². The number of carbonyl (C=O) groups is 1. The first kappa shape index (κ1) is 20.1. The molecule has 3 unspecified atom stereocenters. The Balaban J connectivity index is 1.70. The summed E-state index contributed by atoms with van der Waals surface area (Å²) in [4.78, 5) is 21.2. The fourth-order valence-electron chi connectivity index (χ4n) is 3.89. The van der Waals surface area contributed by atoms with Gasteiger partial charge in [0.15, 0.2) is 5.17 Å². The maximum atomic E-state index is 15.0. The van der Waals surface area contributed by atoms with Crippen molar-refractivity contribution in [2.24, 2.45) is 22.6 Å². The number of nitrogens with zero attached hydrogens (tertiary/aromatic N) is 2. The third kappa shape index (κ3) is 3.84. The summed E-state index contributed by atoms with van der Waals surface area (Å²) in [5.74, 6) is 0.198. The molecule has 3 heterocycles. The zero-order chi connectivity index (χ0) is 20.6. The molecule has 1 aromatic carbocycles. The summed E-state index contributed by atoms with van der Waals surface area (Å²) in [7, 11) is 0. The Labute approximate surface area is 177 Å². The van der Waals surface area contributed by atoms with Gasteiger partial charge in [-0.2, -0.15) is 0 Å². The fraction of sp³-hybridized carbons (Fsp3) is 0.350. The zero-order valence-electron chi connectivity index (χ0n) is 15.7. The van der Waals surface area contributed by atoms with E-state index in [2.05, 4.69) is 22.2 Å². The molecule has 0 radical (unpaired) electrons. The smallest absolute Gasteiger partial charge is 0.274 e. The molecule has 3 atom stereocenters. The third-order valence-electron chi connectivity index (χ3n) is 5.37. The van der Waals surface area contributed by atoms with Crippen LogP contribution in [-0.2, 0) is 10.3 Å². The third-order valence-corrected chi connectivity index (χ3v) is 6.51. The molecule has 0 saturated carbocycles. The van der Waals surface area contributed by atoms with Gasteiger partial charge in [0.2, 0.25) is 0 Å². The monoisotopic (exact) mass is 434 g/mol. The molecule has 2 aromatic rings. The molecule has 29 heavy (non-hydrogen) atoms. The summed E-state index contributed by atoms with van der Waals surface area (Å²) in [6.07, 6.45) is 1.40. The summed E-state index contributed by atoms with van der Waals surface area (Å²) >= 11 is 7.30. The van der Waals surface area contributed by atoms with Crippen molar-refractivity contribution in [3.63, 3.8) is 0 Å². The quantitative estimate of drug-likeness (QED) is 0.769. The minimum atomic E-state index is -0.906. The van der Waals surface area contributed by atoms with Crippen molar-refractivity contribution in [1.29, 1.82) is 0 Å². The topological polar surface area (TPSA) is 89.6 Å². The summed E-state index contributed by atoms with van der Waals surface area (Å²) in [6.45, 7) is 2.92. The molecule has 3 N–H and O–H groups in total. The first-order valence-electron chi connectivity index (χ1n) is 9.18. The summed E-state index contributed by atoms with van der Waals surface area (Å²) in [6, 6.07) is 7.57. The second-order valence-corrected chi connectivity index (χ2v) is 8.77. The molecule has 1 amide bonds. The Bertz CT molecular complexity index is 971. The number of benzene rings is 1. The zero-order valence-corrected chi connectivity index (χ0v) is 17.3. The number of thioether (sulfide) groups is 1. The number of anilines is 1. The van der Waals surface area contributed by atoms with Crippen LogP contribution in [0.2, 0.25) is 5.02 Å². The second kappa shape index (κ2) is 7.93. The van der Waals surface area contributed by atoms with Crippen LogP contribution >= 0.6 is 23.4 Å². The summed E-state index contributed by atoms with van der Waals surface area (Å²) in [5.41, 5.74) is 6.14. The van der Waals surface area contributed by atoms with E-state index < -0.39 is 17.3 Å². The highest BCUT2D eigenvalue weighted by Crippen LogP contribution is 2.47. The van der Waals surface area contributed by atoms with Gasteiger partial charge >= 0.3 is 0 Å². The van der Waals surface area contributed by atoms with Gasteiger partial charge in [-0.25, -0.2) is 14.4 Å². The Morgan fingerprint density at radius 2 is 2.24 bits per heavy atom. The number of carbonyl (C=O) groups excluding carboxylic acids is 1. The van der Waals surface area contributed by atoms with Gasteiger partial charge in [0.25, 0.3) is 5.91 Å². The standard InChI is InChI=1S/C20H20ClFN4O2S/c1-11-8-28-10-20(15(11)9-29-19(23)26-20)14-6-13(3-4-16(14)22)25-18(27)17-5-2-12(21)7-24-17/h2-7,11,15H,8-10H2,1H3,(H2,23,26)(H,25,27). The number of hydrogen-bond donors (Lipinski definition) is 2. The number of hydrogen-bond acceptors (Lipinski definition) is 6. The van der Waals surface area contributed by atoms with Crippen molar-refractivity contribution in [2.45, 2.75) is 12.5 Å². The van der Waals surface area contributed by atoms with Crippen molar-refractivity contribution in [2.75, 3.05) is 24.3 Å². The van der Waals surface area contributed by atoms with Crippen molar-refractivity contribution in [1.82, 2.24) is 4.98 Å². The average Bonchev–Trinajstić information content (AvgIpc) is 2.69. The number of nitrogens with one attached hydrogen (secondary N) is 1. The molecule has 152 valence electrons. The molecule has 0 aliphatic carbocycles. The lowest BCUT2D eigenvalue weighted by molar-refractivity contribution is -0.0339. The van der Waals surface area contributed by atoms with Crippen molar-refractivity contribution in [3.05, 3.63) is 58.6 Å². The van der Waals surface area contributed by atoms with E-state index in [0.29, 0.717) is 28.0 Å². The number of nitrogens with two attached hydrogens (primary N) is 1. The molecule has 0 bridgehead atoms. The highest BCUT2D eigenvalue weighted by Gasteiger charge is 2.50. The first-order valence-corrected chi connectivity index (χ1v) is 10.5. The van der Waals surface area contributed by atoms with Crippen LogP contribution in [0.25, 0.3) is 0 Å². The molecular formula is C20H20ClFN4O2S. The molecular weight excluding hydrogens is 415 g/mol. The molecule has 2 aliphatic heterocycles. The summed E-state index contributed by atoms with van der Waals surface area (Å²) in [5, 5.41) is 3.61. The van der Waals surface area contributed by atoms with E-state index in [1.54, 1.807) is 12.1 Å². The Morgan fingerprint density at radius 3 is 3.00 bits per heavy atom. The number of fused-ring (bicyclic) bond motifs is 1. The minimum absolute atomic E-state index is 0.0759. The molecule has 1 saturated heterocycles. The van der Waals surface area contributed by atoms with Crippen LogP contribution in [0.3, 0.4) is 0 Å². The van der Waals surface area contributed by atoms with Crippen LogP contribution in [0.4, 0.5) is 10.1 Å².